The molecule has 1 aliphatic rings. The van der Waals surface area contributed by atoms with E-state index < -0.39 is 0 Å². The van der Waals surface area contributed by atoms with Gasteiger partial charge in [-0.3, -0.25) is 4.79 Å². The standard InChI is InChI=1S/C13H15N3O2S/c14-12-16-9-2-1-8(5-10(9)19-12)11(18)15-6-13(7-17)3-4-13/h1-2,5,17H,3-4,6-7H2,(H2,14,16)(H,15,18). The minimum atomic E-state index is -0.117. The Morgan fingerprint density at radius 1 is 1.53 bits per heavy atom. The molecule has 5 nitrogen and oxygen atoms in total. The number of rotatable bonds is 4. The van der Waals surface area contributed by atoms with Crippen molar-refractivity contribution in [3.8, 4) is 0 Å². The quantitative estimate of drug-likeness (QED) is 0.787. The van der Waals surface area contributed by atoms with Crippen molar-refractivity contribution in [1.29, 1.82) is 0 Å². The molecule has 0 spiro atoms. The van der Waals surface area contributed by atoms with Gasteiger partial charge in [-0.1, -0.05) is 11.3 Å². The molecule has 1 aromatic heterocycles. The Morgan fingerprint density at radius 2 is 2.32 bits per heavy atom. The van der Waals surface area contributed by atoms with Crippen LogP contribution < -0.4 is 11.1 Å². The number of amides is 1. The van der Waals surface area contributed by atoms with Crippen LogP contribution in [-0.4, -0.2) is 29.1 Å². The first-order valence-electron chi connectivity index (χ1n) is 6.17. The number of carbonyl (C=O) groups is 1. The fraction of sp³-hybridized carbons (Fsp3) is 0.385. The van der Waals surface area contributed by atoms with Crippen LogP contribution in [0.25, 0.3) is 10.2 Å². The Balaban J connectivity index is 1.74. The Kier molecular flexibility index (Phi) is 2.91. The fourth-order valence-electron chi connectivity index (χ4n) is 2.02. The highest BCUT2D eigenvalue weighted by molar-refractivity contribution is 7.22. The molecule has 1 amide bonds. The van der Waals surface area contributed by atoms with E-state index in [1.54, 1.807) is 18.2 Å². The van der Waals surface area contributed by atoms with Crippen LogP contribution >= 0.6 is 11.3 Å². The van der Waals surface area contributed by atoms with E-state index in [1.165, 1.54) is 11.3 Å². The smallest absolute Gasteiger partial charge is 0.251 e. The average molecular weight is 277 g/mol. The maximum absolute atomic E-state index is 12.0. The van der Waals surface area contributed by atoms with Gasteiger partial charge in [-0.2, -0.15) is 0 Å². The second kappa shape index (κ2) is 4.47. The Bertz CT molecular complexity index is 634. The summed E-state index contributed by atoms with van der Waals surface area (Å²) in [4.78, 5) is 16.2. The molecule has 0 saturated heterocycles. The van der Waals surface area contributed by atoms with Crippen LogP contribution in [-0.2, 0) is 0 Å². The minimum absolute atomic E-state index is 0.0747. The van der Waals surface area contributed by atoms with Gasteiger partial charge in [-0.15, -0.1) is 0 Å². The third-order valence-corrected chi connectivity index (χ3v) is 4.43. The topological polar surface area (TPSA) is 88.2 Å². The third-order valence-electron chi connectivity index (χ3n) is 3.58. The van der Waals surface area contributed by atoms with Crippen molar-refractivity contribution in [3.05, 3.63) is 23.8 Å². The van der Waals surface area contributed by atoms with E-state index in [1.807, 2.05) is 0 Å². The van der Waals surface area contributed by atoms with Gasteiger partial charge in [0, 0.05) is 17.5 Å². The highest BCUT2D eigenvalue weighted by Crippen LogP contribution is 2.44. The number of anilines is 1. The highest BCUT2D eigenvalue weighted by Gasteiger charge is 2.42. The molecule has 0 unspecified atom stereocenters. The van der Waals surface area contributed by atoms with Gasteiger partial charge < -0.3 is 16.2 Å². The summed E-state index contributed by atoms with van der Waals surface area (Å²) in [7, 11) is 0. The molecule has 2 aromatic rings. The molecule has 4 N–H and O–H groups in total. The number of carbonyl (C=O) groups excluding carboxylic acids is 1. The zero-order valence-electron chi connectivity index (χ0n) is 10.3. The fourth-order valence-corrected chi connectivity index (χ4v) is 2.79. The van der Waals surface area contributed by atoms with Gasteiger partial charge >= 0.3 is 0 Å². The molecular weight excluding hydrogens is 262 g/mol. The van der Waals surface area contributed by atoms with E-state index in [4.69, 9.17) is 5.73 Å². The molecule has 0 atom stereocenters. The van der Waals surface area contributed by atoms with Crippen molar-refractivity contribution in [2.24, 2.45) is 5.41 Å². The molecule has 1 aromatic carbocycles. The van der Waals surface area contributed by atoms with E-state index in [0.29, 0.717) is 17.2 Å². The number of aliphatic hydroxyl groups is 1. The Hall–Kier alpha value is -1.66. The largest absolute Gasteiger partial charge is 0.396 e. The number of nitrogen functional groups attached to an aromatic ring is 1. The lowest BCUT2D eigenvalue weighted by Gasteiger charge is -2.12. The van der Waals surface area contributed by atoms with E-state index >= 15 is 0 Å². The van der Waals surface area contributed by atoms with Gasteiger partial charge in [0.25, 0.3) is 5.91 Å². The lowest BCUT2D eigenvalue weighted by Crippen LogP contribution is -2.31. The minimum Gasteiger partial charge on any atom is -0.396 e. The molecular formula is C13H15N3O2S. The Morgan fingerprint density at radius 3 is 3.00 bits per heavy atom. The number of hydrogen-bond donors (Lipinski definition) is 3. The van der Waals surface area contributed by atoms with E-state index in [2.05, 4.69) is 10.3 Å². The van der Waals surface area contributed by atoms with E-state index in [0.717, 1.165) is 23.1 Å². The average Bonchev–Trinajstić information content (AvgIpc) is 3.10. The summed E-state index contributed by atoms with van der Waals surface area (Å²) in [5.74, 6) is -0.117. The van der Waals surface area contributed by atoms with Crippen molar-refractivity contribution in [2.75, 3.05) is 18.9 Å². The molecule has 0 aliphatic heterocycles. The molecule has 1 saturated carbocycles. The van der Waals surface area contributed by atoms with Gasteiger partial charge in [0.2, 0.25) is 0 Å². The van der Waals surface area contributed by atoms with Crippen LogP contribution in [0.1, 0.15) is 23.2 Å². The zero-order chi connectivity index (χ0) is 13.5. The third kappa shape index (κ3) is 2.41. The van der Waals surface area contributed by atoms with E-state index in [-0.39, 0.29) is 17.9 Å². The van der Waals surface area contributed by atoms with Crippen molar-refractivity contribution in [2.45, 2.75) is 12.8 Å². The summed E-state index contributed by atoms with van der Waals surface area (Å²) in [6, 6.07) is 5.35. The number of hydrogen-bond acceptors (Lipinski definition) is 5. The van der Waals surface area contributed by atoms with Gasteiger partial charge in [-0.25, -0.2) is 4.98 Å². The second-order valence-electron chi connectivity index (χ2n) is 5.08. The van der Waals surface area contributed by atoms with Crippen LogP contribution in [0.5, 0.6) is 0 Å². The zero-order valence-corrected chi connectivity index (χ0v) is 11.2. The molecule has 100 valence electrons. The second-order valence-corrected chi connectivity index (χ2v) is 6.14. The number of thiazole rings is 1. The number of fused-ring (bicyclic) bond motifs is 1. The Labute approximate surface area is 114 Å². The SMILES string of the molecule is Nc1nc2ccc(C(=O)NCC3(CO)CC3)cc2s1. The number of nitrogens with zero attached hydrogens (tertiary/aromatic N) is 1. The number of aliphatic hydroxyl groups excluding tert-OH is 1. The lowest BCUT2D eigenvalue weighted by molar-refractivity contribution is 0.0935. The summed E-state index contributed by atoms with van der Waals surface area (Å²) in [5, 5.41) is 12.6. The molecule has 19 heavy (non-hydrogen) atoms. The maximum Gasteiger partial charge on any atom is 0.251 e. The van der Waals surface area contributed by atoms with Gasteiger partial charge in [0.1, 0.15) is 0 Å². The molecule has 0 bridgehead atoms. The molecule has 1 heterocycles. The van der Waals surface area contributed by atoms with Crippen molar-refractivity contribution >= 4 is 32.6 Å². The summed E-state index contributed by atoms with van der Waals surface area (Å²) in [6.45, 7) is 0.670. The van der Waals surface area contributed by atoms with E-state index in [9.17, 15) is 9.90 Å². The molecule has 6 heteroatoms. The molecule has 0 radical (unpaired) electrons. The van der Waals surface area contributed by atoms with Crippen LogP contribution in [0, 0.1) is 5.41 Å². The number of benzene rings is 1. The van der Waals surface area contributed by atoms with Gasteiger partial charge in [0.05, 0.1) is 16.8 Å². The highest BCUT2D eigenvalue weighted by atomic mass is 32.1. The summed E-state index contributed by atoms with van der Waals surface area (Å²) >= 11 is 1.37. The van der Waals surface area contributed by atoms with Crippen molar-refractivity contribution in [3.63, 3.8) is 0 Å². The normalized spacial score (nSPS) is 16.5. The number of nitrogens with two attached hydrogens (primary N) is 1. The maximum atomic E-state index is 12.0. The lowest BCUT2D eigenvalue weighted by atomic mass is 10.1. The van der Waals surface area contributed by atoms with Crippen LogP contribution in [0.3, 0.4) is 0 Å². The van der Waals surface area contributed by atoms with Crippen molar-refractivity contribution < 1.29 is 9.90 Å². The van der Waals surface area contributed by atoms with Crippen LogP contribution in [0.2, 0.25) is 0 Å². The van der Waals surface area contributed by atoms with Crippen LogP contribution in [0.15, 0.2) is 18.2 Å². The molecule has 1 fully saturated rings. The first-order valence-corrected chi connectivity index (χ1v) is 6.99. The number of aromatic nitrogens is 1. The summed E-state index contributed by atoms with van der Waals surface area (Å²) in [5.41, 5.74) is 6.98. The van der Waals surface area contributed by atoms with Gasteiger partial charge in [-0.05, 0) is 31.0 Å². The first-order chi connectivity index (χ1) is 9.12. The summed E-state index contributed by atoms with van der Waals surface area (Å²) in [6.07, 6.45) is 1.96. The molecule has 1 aliphatic carbocycles. The van der Waals surface area contributed by atoms with Gasteiger partial charge in [0.15, 0.2) is 5.13 Å². The first kappa shape index (κ1) is 12.4. The summed E-state index contributed by atoms with van der Waals surface area (Å²) < 4.78 is 0.911. The predicted molar refractivity (Wildman–Crippen MR) is 75.1 cm³/mol. The van der Waals surface area contributed by atoms with Crippen molar-refractivity contribution in [1.82, 2.24) is 10.3 Å². The molecule has 3 rings (SSSR count). The number of nitrogens with one attached hydrogen (secondary N) is 1. The van der Waals surface area contributed by atoms with Crippen LogP contribution in [0.4, 0.5) is 5.13 Å². The predicted octanol–water partition coefficient (Wildman–Crippen LogP) is 1.38. The monoisotopic (exact) mass is 277 g/mol.